The summed E-state index contributed by atoms with van der Waals surface area (Å²) in [5, 5.41) is 0. The van der Waals surface area contributed by atoms with Crippen LogP contribution in [0.2, 0.25) is 0 Å². The van der Waals surface area contributed by atoms with E-state index in [0.29, 0.717) is 18.6 Å². The van der Waals surface area contributed by atoms with Crippen molar-refractivity contribution in [3.63, 3.8) is 0 Å². The zero-order valence-electron chi connectivity index (χ0n) is 16.1. The Bertz CT molecular complexity index is 787. The molecule has 0 atom stereocenters. The molecule has 3 heteroatoms. The lowest BCUT2D eigenvalue weighted by molar-refractivity contribution is -0.121. The second kappa shape index (κ2) is 8.49. The van der Waals surface area contributed by atoms with Crippen LogP contribution in [0.4, 0.5) is 0 Å². The number of carbonyl (C=O) groups excluding carboxylic acids is 1. The van der Waals surface area contributed by atoms with Gasteiger partial charge < -0.3 is 4.90 Å². The van der Waals surface area contributed by atoms with E-state index >= 15 is 0 Å². The second-order valence-electron chi connectivity index (χ2n) is 7.48. The molecule has 0 amide bonds. The van der Waals surface area contributed by atoms with Crippen LogP contribution < -0.4 is 0 Å². The van der Waals surface area contributed by atoms with Crippen LogP contribution in [0.15, 0.2) is 85.1 Å². The van der Waals surface area contributed by atoms with Crippen LogP contribution in [-0.4, -0.2) is 35.3 Å². The number of hydrogen-bond donors (Lipinski definition) is 0. The molecular formula is C25H26N2O. The average Bonchev–Trinajstić information content (AvgIpc) is 2.78. The largest absolute Gasteiger partial charge is 0.302 e. The number of piperidine rings is 1. The molecule has 2 heterocycles. The first-order valence-corrected chi connectivity index (χ1v) is 10.1. The van der Waals surface area contributed by atoms with Crippen LogP contribution in [0.25, 0.3) is 0 Å². The predicted octanol–water partition coefficient (Wildman–Crippen LogP) is 4.47. The number of rotatable bonds is 6. The molecule has 0 spiro atoms. The van der Waals surface area contributed by atoms with E-state index in [1.54, 1.807) is 0 Å². The van der Waals surface area contributed by atoms with Gasteiger partial charge in [0.15, 0.2) is 0 Å². The van der Waals surface area contributed by atoms with E-state index in [1.165, 1.54) is 11.1 Å². The third kappa shape index (κ3) is 3.76. The van der Waals surface area contributed by atoms with E-state index in [0.717, 1.165) is 31.7 Å². The summed E-state index contributed by atoms with van der Waals surface area (Å²) in [6, 6.07) is 27.6. The van der Waals surface area contributed by atoms with Crippen molar-refractivity contribution in [3.8, 4) is 0 Å². The highest BCUT2D eigenvalue weighted by Gasteiger charge is 2.37. The standard InChI is InChI=1S/C25H26N2O/c28-23-14-18-27(19-15-23)20-16-25(21-9-3-1-4-10-21,22-11-5-2-6-12-22)24-13-7-8-17-26-24/h1-13,17H,14-16,18-20H2. The number of Topliss-reactive ketones (excluding diaryl/α,β-unsaturated/α-hetero) is 1. The van der Waals surface area contributed by atoms with E-state index in [9.17, 15) is 4.79 Å². The Morgan fingerprint density at radius 2 is 1.36 bits per heavy atom. The number of hydrogen-bond acceptors (Lipinski definition) is 3. The van der Waals surface area contributed by atoms with Crippen molar-refractivity contribution in [3.05, 3.63) is 102 Å². The van der Waals surface area contributed by atoms with Crippen LogP contribution in [0.1, 0.15) is 36.1 Å². The van der Waals surface area contributed by atoms with Crippen molar-refractivity contribution >= 4 is 5.78 Å². The van der Waals surface area contributed by atoms with E-state index in [1.807, 2.05) is 12.3 Å². The first-order valence-electron chi connectivity index (χ1n) is 10.1. The normalized spacial score (nSPS) is 15.5. The monoisotopic (exact) mass is 370 g/mol. The molecule has 0 unspecified atom stereocenters. The zero-order valence-corrected chi connectivity index (χ0v) is 16.1. The van der Waals surface area contributed by atoms with Gasteiger partial charge in [0.2, 0.25) is 0 Å². The number of carbonyl (C=O) groups is 1. The molecule has 1 aliphatic rings. The van der Waals surface area contributed by atoms with Gasteiger partial charge in [-0.25, -0.2) is 0 Å². The summed E-state index contributed by atoms with van der Waals surface area (Å²) in [7, 11) is 0. The lowest BCUT2D eigenvalue weighted by Crippen LogP contribution is -2.39. The van der Waals surface area contributed by atoms with E-state index < -0.39 is 0 Å². The van der Waals surface area contributed by atoms with Gasteiger partial charge in [0.25, 0.3) is 0 Å². The third-order valence-electron chi connectivity index (χ3n) is 5.85. The first-order chi connectivity index (χ1) is 13.8. The van der Waals surface area contributed by atoms with Crippen molar-refractivity contribution in [2.45, 2.75) is 24.7 Å². The van der Waals surface area contributed by atoms with Gasteiger partial charge in [-0.3, -0.25) is 9.78 Å². The van der Waals surface area contributed by atoms with Crippen LogP contribution in [0, 0.1) is 0 Å². The molecule has 0 N–H and O–H groups in total. The highest BCUT2D eigenvalue weighted by atomic mass is 16.1. The summed E-state index contributed by atoms with van der Waals surface area (Å²) in [5.74, 6) is 0.387. The Balaban J connectivity index is 1.78. The fraction of sp³-hybridized carbons (Fsp3) is 0.280. The molecular weight excluding hydrogens is 344 g/mol. The average molecular weight is 370 g/mol. The molecule has 1 aliphatic heterocycles. The summed E-state index contributed by atoms with van der Waals surface area (Å²) < 4.78 is 0. The lowest BCUT2D eigenvalue weighted by Gasteiger charge is -2.37. The van der Waals surface area contributed by atoms with Gasteiger partial charge in [-0.05, 0) is 36.2 Å². The minimum absolute atomic E-state index is 0.314. The number of aromatic nitrogens is 1. The van der Waals surface area contributed by atoms with E-state index in [-0.39, 0.29) is 5.41 Å². The number of pyridine rings is 1. The van der Waals surface area contributed by atoms with Crippen molar-refractivity contribution in [1.82, 2.24) is 9.88 Å². The number of ketones is 1. The van der Waals surface area contributed by atoms with Crippen LogP contribution in [0.3, 0.4) is 0 Å². The van der Waals surface area contributed by atoms with E-state index in [4.69, 9.17) is 4.98 Å². The SMILES string of the molecule is O=C1CCN(CCC(c2ccccc2)(c2ccccc2)c2ccccn2)CC1. The number of likely N-dealkylation sites (tertiary alicyclic amines) is 1. The van der Waals surface area contributed by atoms with Crippen molar-refractivity contribution in [2.75, 3.05) is 19.6 Å². The van der Waals surface area contributed by atoms with Gasteiger partial charge in [-0.15, -0.1) is 0 Å². The Morgan fingerprint density at radius 3 is 1.89 bits per heavy atom. The maximum absolute atomic E-state index is 11.6. The van der Waals surface area contributed by atoms with Gasteiger partial charge in [0.05, 0.1) is 11.1 Å². The summed E-state index contributed by atoms with van der Waals surface area (Å²) in [6.07, 6.45) is 4.16. The molecule has 0 saturated carbocycles. The quantitative estimate of drug-likeness (QED) is 0.642. The van der Waals surface area contributed by atoms with Gasteiger partial charge in [-0.1, -0.05) is 66.7 Å². The smallest absolute Gasteiger partial charge is 0.135 e. The molecule has 0 aliphatic carbocycles. The van der Waals surface area contributed by atoms with Gasteiger partial charge >= 0.3 is 0 Å². The van der Waals surface area contributed by atoms with Crippen molar-refractivity contribution in [2.24, 2.45) is 0 Å². The summed E-state index contributed by atoms with van der Waals surface area (Å²) in [4.78, 5) is 18.9. The molecule has 3 nitrogen and oxygen atoms in total. The van der Waals surface area contributed by atoms with Crippen LogP contribution in [-0.2, 0) is 10.2 Å². The molecule has 0 radical (unpaired) electrons. The van der Waals surface area contributed by atoms with Crippen LogP contribution in [0.5, 0.6) is 0 Å². The molecule has 3 aromatic rings. The van der Waals surface area contributed by atoms with E-state index in [2.05, 4.69) is 77.7 Å². The molecule has 2 aromatic carbocycles. The Labute approximate surface area is 167 Å². The highest BCUT2D eigenvalue weighted by molar-refractivity contribution is 5.79. The maximum Gasteiger partial charge on any atom is 0.135 e. The maximum atomic E-state index is 11.6. The molecule has 1 fully saturated rings. The minimum atomic E-state index is -0.314. The van der Waals surface area contributed by atoms with Gasteiger partial charge in [0.1, 0.15) is 5.78 Å². The first kappa shape index (κ1) is 18.6. The van der Waals surface area contributed by atoms with Gasteiger partial charge in [0, 0.05) is 32.1 Å². The fourth-order valence-corrected chi connectivity index (χ4v) is 4.29. The predicted molar refractivity (Wildman–Crippen MR) is 112 cm³/mol. The van der Waals surface area contributed by atoms with Crippen molar-refractivity contribution < 1.29 is 4.79 Å². The summed E-state index contributed by atoms with van der Waals surface area (Å²) in [5.41, 5.74) is 3.27. The summed E-state index contributed by atoms with van der Waals surface area (Å²) in [6.45, 7) is 2.66. The Hall–Kier alpha value is -2.78. The third-order valence-corrected chi connectivity index (χ3v) is 5.85. The minimum Gasteiger partial charge on any atom is -0.302 e. The molecule has 4 rings (SSSR count). The van der Waals surface area contributed by atoms with Crippen LogP contribution >= 0.6 is 0 Å². The summed E-state index contributed by atoms with van der Waals surface area (Å²) >= 11 is 0. The number of nitrogens with zero attached hydrogens (tertiary/aromatic N) is 2. The number of benzene rings is 2. The highest BCUT2D eigenvalue weighted by Crippen LogP contribution is 2.41. The molecule has 142 valence electrons. The fourth-order valence-electron chi connectivity index (χ4n) is 4.29. The molecule has 0 bridgehead atoms. The molecule has 1 saturated heterocycles. The lowest BCUT2D eigenvalue weighted by atomic mass is 9.69. The van der Waals surface area contributed by atoms with Crippen molar-refractivity contribution in [1.29, 1.82) is 0 Å². The molecule has 28 heavy (non-hydrogen) atoms. The molecule has 1 aromatic heterocycles. The Morgan fingerprint density at radius 1 is 0.786 bits per heavy atom. The second-order valence-corrected chi connectivity index (χ2v) is 7.48. The zero-order chi connectivity index (χ0) is 19.2. The van der Waals surface area contributed by atoms with Gasteiger partial charge in [-0.2, -0.15) is 0 Å². The topological polar surface area (TPSA) is 33.2 Å². The Kier molecular flexibility index (Phi) is 5.63.